The maximum atomic E-state index is 10.5. The van der Waals surface area contributed by atoms with E-state index in [0.29, 0.717) is 13.0 Å². The van der Waals surface area contributed by atoms with Crippen molar-refractivity contribution in [2.45, 2.75) is 33.1 Å². The summed E-state index contributed by atoms with van der Waals surface area (Å²) in [6.45, 7) is 4.82. The molecule has 0 aliphatic rings. The van der Waals surface area contributed by atoms with Gasteiger partial charge in [0.15, 0.2) is 0 Å². The number of hydrogen-bond acceptors (Lipinski definition) is 3. The van der Waals surface area contributed by atoms with Gasteiger partial charge in [-0.15, -0.1) is 0 Å². The van der Waals surface area contributed by atoms with Crippen LogP contribution in [0.25, 0.3) is 0 Å². The Hall–Kier alpha value is -0.870. The van der Waals surface area contributed by atoms with Crippen LogP contribution in [0.15, 0.2) is 18.2 Å². The Morgan fingerprint density at radius 3 is 2.82 bits per heavy atom. The van der Waals surface area contributed by atoms with Crippen LogP contribution < -0.4 is 4.74 Å². The standard InChI is InChI=1S/C13H20O3S/c1-3-4-8-16-13-6-5-11(2)12(10-13)7-9-17(14)15/h5-6,10H,3-4,7-9H2,1-2H3,(H,14,15)/p-1. The van der Waals surface area contributed by atoms with Gasteiger partial charge in [0.05, 0.1) is 6.61 Å². The summed E-state index contributed by atoms with van der Waals surface area (Å²) in [6, 6.07) is 5.85. The fourth-order valence-electron chi connectivity index (χ4n) is 1.53. The van der Waals surface area contributed by atoms with E-state index in [0.717, 1.165) is 29.7 Å². The van der Waals surface area contributed by atoms with E-state index < -0.39 is 11.1 Å². The molecule has 0 aromatic heterocycles. The van der Waals surface area contributed by atoms with Gasteiger partial charge in [0, 0.05) is 5.75 Å². The lowest BCUT2D eigenvalue weighted by Crippen LogP contribution is -2.02. The summed E-state index contributed by atoms with van der Waals surface area (Å²) in [7, 11) is 0. The average Bonchev–Trinajstić information content (AvgIpc) is 2.29. The summed E-state index contributed by atoms with van der Waals surface area (Å²) >= 11 is -1.98. The molecule has 1 aromatic carbocycles. The molecule has 0 spiro atoms. The first kappa shape index (κ1) is 14.2. The molecule has 1 aromatic rings. The fraction of sp³-hybridized carbons (Fsp3) is 0.538. The fourth-order valence-corrected chi connectivity index (χ4v) is 1.92. The highest BCUT2D eigenvalue weighted by Gasteiger charge is 2.01. The summed E-state index contributed by atoms with van der Waals surface area (Å²) in [5.74, 6) is 0.995. The second-order valence-electron chi connectivity index (χ2n) is 4.05. The lowest BCUT2D eigenvalue weighted by atomic mass is 10.1. The topological polar surface area (TPSA) is 49.4 Å². The van der Waals surface area contributed by atoms with Crippen LogP contribution in [0.2, 0.25) is 0 Å². The summed E-state index contributed by atoms with van der Waals surface area (Å²) in [6.07, 6.45) is 2.69. The van der Waals surface area contributed by atoms with Gasteiger partial charge in [0.2, 0.25) is 0 Å². The highest BCUT2D eigenvalue weighted by Crippen LogP contribution is 2.18. The van der Waals surface area contributed by atoms with Crippen molar-refractivity contribution in [3.8, 4) is 5.75 Å². The molecule has 1 atom stereocenters. The van der Waals surface area contributed by atoms with E-state index >= 15 is 0 Å². The van der Waals surface area contributed by atoms with Gasteiger partial charge < -0.3 is 9.29 Å². The molecular weight excluding hydrogens is 236 g/mol. The van der Waals surface area contributed by atoms with Gasteiger partial charge >= 0.3 is 0 Å². The van der Waals surface area contributed by atoms with E-state index in [-0.39, 0.29) is 5.75 Å². The number of hydrogen-bond donors (Lipinski definition) is 0. The molecule has 0 amide bonds. The minimum Gasteiger partial charge on any atom is -0.772 e. The molecule has 0 saturated heterocycles. The van der Waals surface area contributed by atoms with Gasteiger partial charge in [-0.2, -0.15) is 0 Å². The van der Waals surface area contributed by atoms with Gasteiger partial charge in [-0.25, -0.2) is 0 Å². The quantitative estimate of drug-likeness (QED) is 0.556. The summed E-state index contributed by atoms with van der Waals surface area (Å²) in [5, 5.41) is 0. The summed E-state index contributed by atoms with van der Waals surface area (Å²) in [4.78, 5) is 0. The van der Waals surface area contributed by atoms with Crippen LogP contribution in [-0.4, -0.2) is 21.1 Å². The zero-order valence-corrected chi connectivity index (χ0v) is 11.2. The lowest BCUT2D eigenvalue weighted by molar-refractivity contribution is 0.309. The Labute approximate surface area is 105 Å². The highest BCUT2D eigenvalue weighted by atomic mass is 32.2. The Kier molecular flexibility index (Phi) is 6.22. The molecule has 96 valence electrons. The molecule has 0 N–H and O–H groups in total. The minimum absolute atomic E-state index is 0.166. The molecule has 1 unspecified atom stereocenters. The summed E-state index contributed by atoms with van der Waals surface area (Å²) < 4.78 is 26.7. The molecule has 0 bridgehead atoms. The first-order chi connectivity index (χ1) is 8.13. The maximum absolute atomic E-state index is 10.5. The van der Waals surface area contributed by atoms with Crippen LogP contribution >= 0.6 is 0 Å². The van der Waals surface area contributed by atoms with Gasteiger partial charge in [-0.05, 0) is 43.0 Å². The largest absolute Gasteiger partial charge is 0.772 e. The smallest absolute Gasteiger partial charge is 0.119 e. The second-order valence-corrected chi connectivity index (χ2v) is 5.06. The molecule has 0 saturated carbocycles. The van der Waals surface area contributed by atoms with Crippen LogP contribution in [0.5, 0.6) is 5.75 Å². The molecule has 4 heteroatoms. The van der Waals surface area contributed by atoms with E-state index in [1.165, 1.54) is 0 Å². The predicted octanol–water partition coefficient (Wildman–Crippen LogP) is 2.60. The van der Waals surface area contributed by atoms with E-state index in [9.17, 15) is 8.76 Å². The van der Waals surface area contributed by atoms with Crippen molar-refractivity contribution in [2.24, 2.45) is 0 Å². The van der Waals surface area contributed by atoms with E-state index in [4.69, 9.17) is 4.74 Å². The molecule has 0 fully saturated rings. The number of unbranched alkanes of at least 4 members (excludes halogenated alkanes) is 1. The summed E-state index contributed by atoms with van der Waals surface area (Å²) in [5.41, 5.74) is 2.15. The molecule has 0 aliphatic heterocycles. The highest BCUT2D eigenvalue weighted by molar-refractivity contribution is 7.79. The van der Waals surface area contributed by atoms with Crippen LogP contribution in [0.4, 0.5) is 0 Å². The molecule has 0 radical (unpaired) electrons. The van der Waals surface area contributed by atoms with E-state index in [2.05, 4.69) is 6.92 Å². The Balaban J connectivity index is 2.62. The van der Waals surface area contributed by atoms with Crippen LogP contribution in [0.1, 0.15) is 30.9 Å². The van der Waals surface area contributed by atoms with Gasteiger partial charge in [-0.1, -0.05) is 30.5 Å². The van der Waals surface area contributed by atoms with Gasteiger partial charge in [0.1, 0.15) is 5.75 Å². The van der Waals surface area contributed by atoms with Crippen molar-refractivity contribution in [3.63, 3.8) is 0 Å². The third-order valence-electron chi connectivity index (χ3n) is 2.63. The third-order valence-corrected chi connectivity index (χ3v) is 3.16. The second kappa shape index (κ2) is 7.45. The van der Waals surface area contributed by atoms with Gasteiger partial charge in [-0.3, -0.25) is 4.21 Å². The van der Waals surface area contributed by atoms with Gasteiger partial charge in [0.25, 0.3) is 0 Å². The molecular formula is C13H19O3S-. The van der Waals surface area contributed by atoms with Crippen LogP contribution in [0.3, 0.4) is 0 Å². The Bertz CT molecular complexity index is 377. The molecule has 17 heavy (non-hydrogen) atoms. The minimum atomic E-state index is -1.98. The van der Waals surface area contributed by atoms with Crippen molar-refractivity contribution in [1.82, 2.24) is 0 Å². The number of aryl methyl sites for hydroxylation is 2. The Morgan fingerprint density at radius 2 is 2.18 bits per heavy atom. The zero-order valence-electron chi connectivity index (χ0n) is 10.4. The zero-order chi connectivity index (χ0) is 12.7. The average molecular weight is 255 g/mol. The number of benzene rings is 1. The Morgan fingerprint density at radius 1 is 1.41 bits per heavy atom. The van der Waals surface area contributed by atoms with Crippen LogP contribution in [-0.2, 0) is 17.5 Å². The molecule has 0 heterocycles. The van der Waals surface area contributed by atoms with Crippen molar-refractivity contribution in [1.29, 1.82) is 0 Å². The predicted molar refractivity (Wildman–Crippen MR) is 69.1 cm³/mol. The first-order valence-corrected chi connectivity index (χ1v) is 7.16. The monoisotopic (exact) mass is 255 g/mol. The first-order valence-electron chi connectivity index (χ1n) is 5.91. The molecule has 3 nitrogen and oxygen atoms in total. The molecule has 0 aliphatic carbocycles. The van der Waals surface area contributed by atoms with Crippen molar-refractivity contribution < 1.29 is 13.5 Å². The van der Waals surface area contributed by atoms with E-state index in [1.807, 2.05) is 25.1 Å². The number of rotatable bonds is 7. The van der Waals surface area contributed by atoms with Crippen molar-refractivity contribution in [2.75, 3.05) is 12.4 Å². The third kappa shape index (κ3) is 5.33. The number of ether oxygens (including phenoxy) is 1. The normalized spacial score (nSPS) is 12.4. The lowest BCUT2D eigenvalue weighted by Gasteiger charge is -2.11. The maximum Gasteiger partial charge on any atom is 0.119 e. The SMILES string of the molecule is CCCCOc1ccc(C)c(CCS(=O)[O-])c1. The van der Waals surface area contributed by atoms with Crippen LogP contribution in [0, 0.1) is 6.92 Å². The van der Waals surface area contributed by atoms with Crippen molar-refractivity contribution in [3.05, 3.63) is 29.3 Å². The van der Waals surface area contributed by atoms with E-state index in [1.54, 1.807) is 0 Å². The molecule has 1 rings (SSSR count). The van der Waals surface area contributed by atoms with Crippen molar-refractivity contribution >= 4 is 11.1 Å².